The Balaban J connectivity index is 1.33. The maximum Gasteiger partial charge on any atom is 0.391 e. The van der Waals surface area contributed by atoms with Crippen LogP contribution >= 0.6 is 11.6 Å². The summed E-state index contributed by atoms with van der Waals surface area (Å²) in [6.07, 6.45) is 3.51. The Labute approximate surface area is 535 Å². The summed E-state index contributed by atoms with van der Waals surface area (Å²) >= 11 is 6.48. The van der Waals surface area contributed by atoms with E-state index < -0.39 is 150 Å². The second-order valence-electron chi connectivity index (χ2n) is 27.6. The molecule has 90 heavy (non-hydrogen) atoms. The minimum absolute atomic E-state index is 0.0147. The van der Waals surface area contributed by atoms with E-state index in [0.29, 0.717) is 70.6 Å². The summed E-state index contributed by atoms with van der Waals surface area (Å²) in [6, 6.07) is -7.32. The number of rotatable bonds is 9. The van der Waals surface area contributed by atoms with Gasteiger partial charge in [0.2, 0.25) is 65.0 Å². The van der Waals surface area contributed by atoms with Crippen molar-refractivity contribution in [3.05, 3.63) is 0 Å². The number of piperidine rings is 1. The number of carbonyl (C=O) groups is 11. The number of alkyl halides is 4. The SMILES string of the molecule is CC[C@H](C)[C@@H]1NC(=O)[C@@H]2CCCCN2C(=O)C[C@@H](C)NC(=O)[C@H](CC(C)C)N(C)C(=O)C2(CCCC2)NC(=O)[C@@H]2CCCN2C(=O)[C@H](CCC2CCC(C(F)(F)F)CC2)NC(=O)CN(C)C(=O)[C@H](CC2CCC(Cl)CC2)N(C)C(=O)CN(C)C(=O)CN(C)C1=O. The summed E-state index contributed by atoms with van der Waals surface area (Å²) in [5.41, 5.74) is -1.46. The van der Waals surface area contributed by atoms with E-state index in [1.54, 1.807) is 13.8 Å². The second kappa shape index (κ2) is 32.7. The molecule has 22 nitrogen and oxygen atoms in total. The number of nitrogens with zero attached hydrogens (tertiary/aromatic N) is 7. The van der Waals surface area contributed by atoms with Gasteiger partial charge < -0.3 is 55.6 Å². The fraction of sp³-hybridized carbons (Fsp3) is 0.828. The number of fused-ring (bicyclic) bond motifs is 2. The normalized spacial score (nSPS) is 31.1. The zero-order chi connectivity index (χ0) is 66.5. The Bertz CT molecular complexity index is 2560. The Morgan fingerprint density at radius 1 is 0.578 bits per heavy atom. The van der Waals surface area contributed by atoms with Crippen LogP contribution in [-0.2, 0) is 52.7 Å². The number of hydrogen-bond donors (Lipinski definition) is 4. The number of amides is 11. The Morgan fingerprint density at radius 3 is 1.79 bits per heavy atom. The molecule has 0 bridgehead atoms. The van der Waals surface area contributed by atoms with Gasteiger partial charge in [-0.25, -0.2) is 0 Å². The van der Waals surface area contributed by atoms with Crippen LogP contribution in [0, 0.1) is 29.6 Å². The predicted molar refractivity (Wildman–Crippen MR) is 331 cm³/mol. The van der Waals surface area contributed by atoms with E-state index in [1.807, 2.05) is 20.8 Å². The predicted octanol–water partition coefficient (Wildman–Crippen LogP) is 5.12. The highest BCUT2D eigenvalue weighted by Crippen LogP contribution is 2.41. The second-order valence-corrected chi connectivity index (χ2v) is 28.2. The first-order valence-corrected chi connectivity index (χ1v) is 33.6. The van der Waals surface area contributed by atoms with Crippen molar-refractivity contribution >= 4 is 76.6 Å². The Kier molecular flexibility index (Phi) is 26.6. The average molecular weight is 1300 g/mol. The molecule has 6 rings (SSSR count). The average Bonchev–Trinajstić information content (AvgIpc) is 1.75. The van der Waals surface area contributed by atoms with E-state index in [9.17, 15) is 56.3 Å². The maximum atomic E-state index is 15.1. The summed E-state index contributed by atoms with van der Waals surface area (Å²) in [6.45, 7) is 7.92. The van der Waals surface area contributed by atoms with Crippen LogP contribution in [0.1, 0.15) is 182 Å². The molecule has 11 amide bonds. The molecule has 8 atom stereocenters. The van der Waals surface area contributed by atoms with Gasteiger partial charge in [0, 0.05) is 66.2 Å². The zero-order valence-electron chi connectivity index (χ0n) is 54.9. The lowest BCUT2D eigenvalue weighted by atomic mass is 9.79. The van der Waals surface area contributed by atoms with E-state index >= 15 is 9.59 Å². The largest absolute Gasteiger partial charge is 0.391 e. The van der Waals surface area contributed by atoms with E-state index in [-0.39, 0.29) is 113 Å². The van der Waals surface area contributed by atoms with Crippen LogP contribution < -0.4 is 21.3 Å². The molecule has 0 unspecified atom stereocenters. The molecular formula is C64H103ClF3N11O11. The third kappa shape index (κ3) is 19.2. The van der Waals surface area contributed by atoms with Gasteiger partial charge in [-0.2, -0.15) is 13.2 Å². The van der Waals surface area contributed by atoms with Crippen LogP contribution in [0.4, 0.5) is 13.2 Å². The van der Waals surface area contributed by atoms with E-state index in [1.165, 1.54) is 59.7 Å². The maximum absolute atomic E-state index is 15.1. The highest BCUT2D eigenvalue weighted by molar-refractivity contribution is 6.20. The van der Waals surface area contributed by atoms with Crippen molar-refractivity contribution in [1.29, 1.82) is 0 Å². The first-order chi connectivity index (χ1) is 42.3. The third-order valence-electron chi connectivity index (χ3n) is 20.2. The van der Waals surface area contributed by atoms with Gasteiger partial charge >= 0.3 is 6.18 Å². The van der Waals surface area contributed by atoms with E-state index in [0.717, 1.165) is 9.80 Å². The minimum atomic E-state index is -4.34. The summed E-state index contributed by atoms with van der Waals surface area (Å²) in [7, 11) is 7.16. The van der Waals surface area contributed by atoms with Crippen LogP contribution in [0.2, 0.25) is 0 Å². The van der Waals surface area contributed by atoms with Gasteiger partial charge in [-0.05, 0) is 153 Å². The standard InChI is InChI=1S/C64H103ClF3N11O11/c1-11-40(4)55-61(89)75(8)37-53(82)73(6)38-54(83)76(9)50(35-43-21-26-45(65)27-22-43)60(88)74(7)36-51(80)70-46(28-23-42-19-24-44(25-20-42)64(66,67)68)59(87)79-32-16-18-48(79)58(86)72-63(29-13-14-30-63)62(90)77(10)49(33-39(2)3)57(85)69-41(5)34-52(81)78-31-15-12-17-47(78)56(84)71-55/h39-50,55H,11-38H2,1-10H3,(H,69,85)(H,70,80)(H,71,84)(H,72,86)/t40-,41+,42?,43?,44?,45?,46-,47-,48-,49-,50-,55-/m0/s1. The lowest BCUT2D eigenvalue weighted by Gasteiger charge is -2.39. The minimum Gasteiger partial charge on any atom is -0.351 e. The van der Waals surface area contributed by atoms with Crippen molar-refractivity contribution in [1.82, 2.24) is 55.6 Å². The number of nitrogens with one attached hydrogen (secondary N) is 4. The van der Waals surface area contributed by atoms with Crippen LogP contribution in [0.5, 0.6) is 0 Å². The smallest absolute Gasteiger partial charge is 0.351 e. The first kappa shape index (κ1) is 73.3. The highest BCUT2D eigenvalue weighted by atomic mass is 35.5. The molecule has 3 saturated carbocycles. The molecule has 0 aromatic carbocycles. The lowest BCUT2D eigenvalue weighted by molar-refractivity contribution is -0.184. The van der Waals surface area contributed by atoms with Crippen LogP contribution in [0.25, 0.3) is 0 Å². The molecule has 3 saturated heterocycles. The van der Waals surface area contributed by atoms with Crippen LogP contribution in [0.15, 0.2) is 0 Å². The van der Waals surface area contributed by atoms with Crippen molar-refractivity contribution in [3.63, 3.8) is 0 Å². The molecule has 6 fully saturated rings. The zero-order valence-corrected chi connectivity index (χ0v) is 55.7. The van der Waals surface area contributed by atoms with E-state index in [4.69, 9.17) is 11.6 Å². The summed E-state index contributed by atoms with van der Waals surface area (Å²) in [5, 5.41) is 11.7. The molecule has 508 valence electrons. The van der Waals surface area contributed by atoms with Crippen molar-refractivity contribution < 1.29 is 65.9 Å². The van der Waals surface area contributed by atoms with Crippen molar-refractivity contribution in [2.24, 2.45) is 29.6 Å². The fourth-order valence-corrected chi connectivity index (χ4v) is 14.6. The summed E-state index contributed by atoms with van der Waals surface area (Å²) < 4.78 is 41.2. The molecule has 3 aliphatic heterocycles. The van der Waals surface area contributed by atoms with Gasteiger partial charge in [0.15, 0.2) is 0 Å². The first-order valence-electron chi connectivity index (χ1n) is 33.2. The quantitative estimate of drug-likeness (QED) is 0.220. The summed E-state index contributed by atoms with van der Waals surface area (Å²) in [5.74, 6) is -8.51. The van der Waals surface area contributed by atoms with Gasteiger partial charge in [-0.3, -0.25) is 52.7 Å². The molecule has 3 aliphatic carbocycles. The molecule has 26 heteroatoms. The van der Waals surface area contributed by atoms with Crippen molar-refractivity contribution in [2.75, 3.05) is 68.0 Å². The van der Waals surface area contributed by atoms with Gasteiger partial charge in [0.1, 0.15) is 41.8 Å². The highest BCUT2D eigenvalue weighted by Gasteiger charge is 2.50. The Hall–Kier alpha value is -5.75. The van der Waals surface area contributed by atoms with Gasteiger partial charge in [-0.15, -0.1) is 11.6 Å². The van der Waals surface area contributed by atoms with E-state index in [2.05, 4.69) is 21.3 Å². The van der Waals surface area contributed by atoms with Gasteiger partial charge in [0.05, 0.1) is 25.6 Å². The topological polar surface area (TPSA) is 259 Å². The van der Waals surface area contributed by atoms with Crippen molar-refractivity contribution in [3.8, 4) is 0 Å². The monoisotopic (exact) mass is 1290 g/mol. The number of hydrogen-bond acceptors (Lipinski definition) is 11. The molecule has 3 heterocycles. The van der Waals surface area contributed by atoms with Crippen molar-refractivity contribution in [2.45, 2.75) is 242 Å². The number of halogens is 4. The fourth-order valence-electron chi connectivity index (χ4n) is 14.3. The summed E-state index contributed by atoms with van der Waals surface area (Å²) in [4.78, 5) is 169. The molecule has 0 radical (unpaired) electrons. The molecule has 4 N–H and O–H groups in total. The molecular weight excluding hydrogens is 1190 g/mol. The molecule has 0 aromatic rings. The third-order valence-corrected chi connectivity index (χ3v) is 20.7. The Morgan fingerprint density at radius 2 is 1.17 bits per heavy atom. The number of likely N-dealkylation sites (N-methyl/N-ethyl adjacent to an activating group) is 5. The molecule has 0 aromatic heterocycles. The lowest BCUT2D eigenvalue weighted by Crippen LogP contribution is -2.64. The van der Waals surface area contributed by atoms with Gasteiger partial charge in [0.25, 0.3) is 0 Å². The van der Waals surface area contributed by atoms with Gasteiger partial charge in [-0.1, -0.05) is 47.0 Å². The van der Waals surface area contributed by atoms with Crippen LogP contribution in [-0.4, -0.2) is 227 Å². The number of carbonyl (C=O) groups excluding carboxylic acids is 11. The van der Waals surface area contributed by atoms with Crippen LogP contribution in [0.3, 0.4) is 0 Å². The molecule has 1 spiro atoms. The molecule has 6 aliphatic rings.